The van der Waals surface area contributed by atoms with E-state index < -0.39 is 0 Å². The van der Waals surface area contributed by atoms with Crippen LogP contribution in [0.4, 0.5) is 5.69 Å². The summed E-state index contributed by atoms with van der Waals surface area (Å²) >= 11 is 0. The number of nitrogens with one attached hydrogen (secondary N) is 1. The summed E-state index contributed by atoms with van der Waals surface area (Å²) in [7, 11) is 0. The maximum absolute atomic E-state index is 8.76. The molecule has 0 amide bonds. The first-order valence-corrected chi connectivity index (χ1v) is 4.47. The summed E-state index contributed by atoms with van der Waals surface area (Å²) in [6.45, 7) is 2.12. The molecule has 1 aromatic carbocycles. The van der Waals surface area contributed by atoms with Crippen LogP contribution in [-0.2, 0) is 6.54 Å². The lowest BCUT2D eigenvalue weighted by Gasteiger charge is -2.09. The molecular weight excluding hydrogens is 178 g/mol. The number of nitrogen functional groups attached to an aromatic ring is 1. The number of hydrogen-bond acceptors (Lipinski definition) is 4. The van der Waals surface area contributed by atoms with Gasteiger partial charge in [0.15, 0.2) is 0 Å². The average Bonchev–Trinajstić information content (AvgIpc) is 2.42. The molecule has 2 rings (SSSR count). The summed E-state index contributed by atoms with van der Waals surface area (Å²) in [5.74, 6) is 0.728. The van der Waals surface area contributed by atoms with Gasteiger partial charge in [-0.25, -0.2) is 0 Å². The van der Waals surface area contributed by atoms with E-state index in [1.807, 2.05) is 0 Å². The molecule has 0 aliphatic carbocycles. The van der Waals surface area contributed by atoms with Crippen molar-refractivity contribution in [2.75, 3.05) is 18.9 Å². The van der Waals surface area contributed by atoms with Crippen molar-refractivity contribution in [2.45, 2.75) is 6.54 Å². The van der Waals surface area contributed by atoms with Gasteiger partial charge in [-0.05, 0) is 12.1 Å². The molecule has 72 valence electrons. The molecule has 0 atom stereocenters. The molecule has 1 aliphatic rings. The van der Waals surface area contributed by atoms with Crippen LogP contribution in [0.25, 0.3) is 0 Å². The van der Waals surface area contributed by atoms with E-state index in [0.29, 0.717) is 24.4 Å². The van der Waals surface area contributed by atoms with Gasteiger partial charge in [0.2, 0.25) is 0 Å². The maximum Gasteiger partial charge on any atom is 0.127 e. The second-order valence-corrected chi connectivity index (χ2v) is 3.18. The molecule has 0 unspecified atom stereocenters. The fraction of sp³-hybridized carbons (Fsp3) is 0.300. The van der Waals surface area contributed by atoms with Crippen LogP contribution >= 0.6 is 0 Å². The third kappa shape index (κ3) is 1.50. The zero-order valence-electron chi connectivity index (χ0n) is 7.71. The molecule has 1 aromatic rings. The molecule has 1 aliphatic heterocycles. The third-order valence-corrected chi connectivity index (χ3v) is 2.21. The second kappa shape index (κ2) is 3.56. The highest BCUT2D eigenvalue weighted by atomic mass is 16.5. The zero-order valence-corrected chi connectivity index (χ0v) is 7.71. The molecule has 0 saturated carbocycles. The fourth-order valence-electron chi connectivity index (χ4n) is 1.50. The summed E-state index contributed by atoms with van der Waals surface area (Å²) in [5, 5.41) is 12.0. The topological polar surface area (TPSA) is 71.1 Å². The summed E-state index contributed by atoms with van der Waals surface area (Å²) < 4.78 is 5.48. The smallest absolute Gasteiger partial charge is 0.127 e. The Labute approximate surface area is 82.3 Å². The molecular formula is C10H11N3O. The van der Waals surface area contributed by atoms with Crippen LogP contribution in [0.5, 0.6) is 5.75 Å². The minimum Gasteiger partial charge on any atom is -0.492 e. The molecule has 0 aromatic heterocycles. The molecule has 0 spiro atoms. The van der Waals surface area contributed by atoms with Crippen LogP contribution in [0.2, 0.25) is 0 Å². The van der Waals surface area contributed by atoms with Gasteiger partial charge >= 0.3 is 0 Å². The SMILES string of the molecule is N#Cc1cc(N)c2c(c1)OCCNC2. The molecule has 0 fully saturated rings. The number of rotatable bonds is 0. The van der Waals surface area contributed by atoms with Gasteiger partial charge in [0, 0.05) is 24.3 Å². The molecule has 4 heteroatoms. The van der Waals surface area contributed by atoms with Gasteiger partial charge in [0.25, 0.3) is 0 Å². The Morgan fingerprint density at radius 1 is 1.50 bits per heavy atom. The van der Waals surface area contributed by atoms with Crippen LogP contribution in [-0.4, -0.2) is 13.2 Å². The van der Waals surface area contributed by atoms with Crippen molar-refractivity contribution in [3.63, 3.8) is 0 Å². The molecule has 0 radical (unpaired) electrons. The van der Waals surface area contributed by atoms with E-state index in [-0.39, 0.29) is 0 Å². The maximum atomic E-state index is 8.76. The van der Waals surface area contributed by atoms with Crippen molar-refractivity contribution in [2.24, 2.45) is 0 Å². The van der Waals surface area contributed by atoms with E-state index in [0.717, 1.165) is 17.9 Å². The Balaban J connectivity index is 2.50. The van der Waals surface area contributed by atoms with Gasteiger partial charge in [0.05, 0.1) is 11.6 Å². The fourth-order valence-corrected chi connectivity index (χ4v) is 1.50. The number of hydrogen-bond donors (Lipinski definition) is 2. The Hall–Kier alpha value is -1.73. The van der Waals surface area contributed by atoms with Gasteiger partial charge < -0.3 is 15.8 Å². The first kappa shape index (κ1) is 8.85. The Morgan fingerprint density at radius 2 is 2.36 bits per heavy atom. The van der Waals surface area contributed by atoms with Gasteiger partial charge in [-0.3, -0.25) is 0 Å². The van der Waals surface area contributed by atoms with Crippen molar-refractivity contribution >= 4 is 5.69 Å². The summed E-state index contributed by atoms with van der Waals surface area (Å²) in [6, 6.07) is 5.47. The first-order valence-electron chi connectivity index (χ1n) is 4.47. The van der Waals surface area contributed by atoms with Crippen LogP contribution in [0.3, 0.4) is 0 Å². The Bertz CT molecular complexity index is 395. The van der Waals surface area contributed by atoms with Crippen LogP contribution in [0, 0.1) is 11.3 Å². The van der Waals surface area contributed by atoms with Crippen LogP contribution in [0.15, 0.2) is 12.1 Å². The minimum absolute atomic E-state index is 0.545. The van der Waals surface area contributed by atoms with E-state index in [9.17, 15) is 0 Å². The number of nitriles is 1. The van der Waals surface area contributed by atoms with Crippen LogP contribution < -0.4 is 15.8 Å². The minimum atomic E-state index is 0.545. The predicted octanol–water partition coefficient (Wildman–Crippen LogP) is 0.622. The highest BCUT2D eigenvalue weighted by Gasteiger charge is 2.12. The molecule has 14 heavy (non-hydrogen) atoms. The van der Waals surface area contributed by atoms with Crippen molar-refractivity contribution in [1.29, 1.82) is 5.26 Å². The van der Waals surface area contributed by atoms with Crippen molar-refractivity contribution in [3.05, 3.63) is 23.3 Å². The number of fused-ring (bicyclic) bond motifs is 1. The number of benzene rings is 1. The van der Waals surface area contributed by atoms with Gasteiger partial charge in [0.1, 0.15) is 12.4 Å². The summed E-state index contributed by atoms with van der Waals surface area (Å²) in [4.78, 5) is 0. The van der Waals surface area contributed by atoms with E-state index in [1.54, 1.807) is 12.1 Å². The largest absolute Gasteiger partial charge is 0.492 e. The average molecular weight is 189 g/mol. The van der Waals surface area contributed by atoms with Gasteiger partial charge in [-0.1, -0.05) is 0 Å². The number of ether oxygens (including phenoxy) is 1. The lowest BCUT2D eigenvalue weighted by molar-refractivity contribution is 0.326. The van der Waals surface area contributed by atoms with Gasteiger partial charge in [-0.2, -0.15) is 5.26 Å². The van der Waals surface area contributed by atoms with Crippen molar-refractivity contribution in [1.82, 2.24) is 5.32 Å². The number of nitrogens with two attached hydrogens (primary N) is 1. The molecule has 0 bridgehead atoms. The lowest BCUT2D eigenvalue weighted by Crippen LogP contribution is -2.16. The lowest BCUT2D eigenvalue weighted by atomic mass is 10.1. The van der Waals surface area contributed by atoms with Crippen LogP contribution in [0.1, 0.15) is 11.1 Å². The van der Waals surface area contributed by atoms with E-state index in [2.05, 4.69) is 11.4 Å². The molecule has 0 saturated heterocycles. The monoisotopic (exact) mass is 189 g/mol. The Kier molecular flexibility index (Phi) is 2.25. The summed E-state index contributed by atoms with van der Waals surface area (Å²) in [6.07, 6.45) is 0. The van der Waals surface area contributed by atoms with E-state index >= 15 is 0 Å². The highest BCUT2D eigenvalue weighted by Crippen LogP contribution is 2.27. The zero-order chi connectivity index (χ0) is 9.97. The second-order valence-electron chi connectivity index (χ2n) is 3.18. The normalized spacial score (nSPS) is 14.8. The number of nitrogens with zero attached hydrogens (tertiary/aromatic N) is 1. The van der Waals surface area contributed by atoms with E-state index in [1.165, 1.54) is 0 Å². The number of anilines is 1. The Morgan fingerprint density at radius 3 is 3.14 bits per heavy atom. The standard InChI is InChI=1S/C10H11N3O/c11-5-7-3-9(12)8-6-13-1-2-14-10(8)4-7/h3-4,13H,1-2,6,12H2. The predicted molar refractivity (Wildman–Crippen MR) is 52.8 cm³/mol. The van der Waals surface area contributed by atoms with E-state index in [4.69, 9.17) is 15.7 Å². The van der Waals surface area contributed by atoms with Crippen molar-refractivity contribution < 1.29 is 4.74 Å². The molecule has 1 heterocycles. The quantitative estimate of drug-likeness (QED) is 0.587. The van der Waals surface area contributed by atoms with Crippen molar-refractivity contribution in [3.8, 4) is 11.8 Å². The molecule has 3 N–H and O–H groups in total. The highest BCUT2D eigenvalue weighted by molar-refractivity contribution is 5.59. The third-order valence-electron chi connectivity index (χ3n) is 2.21. The molecule has 4 nitrogen and oxygen atoms in total. The summed E-state index contributed by atoms with van der Waals surface area (Å²) in [5.41, 5.74) is 7.93. The first-order chi connectivity index (χ1) is 6.81. The van der Waals surface area contributed by atoms with Gasteiger partial charge in [-0.15, -0.1) is 0 Å².